The minimum atomic E-state index is -4.60. The highest BCUT2D eigenvalue weighted by molar-refractivity contribution is 7.89. The van der Waals surface area contributed by atoms with E-state index in [1.165, 1.54) is 31.2 Å². The maximum atomic E-state index is 12.5. The number of alkyl halides is 3. The van der Waals surface area contributed by atoms with Crippen LogP contribution in [0.25, 0.3) is 0 Å². The second kappa shape index (κ2) is 8.28. The van der Waals surface area contributed by atoms with Crippen molar-refractivity contribution in [2.45, 2.75) is 24.1 Å². The van der Waals surface area contributed by atoms with Gasteiger partial charge in [-0.25, -0.2) is 8.42 Å². The van der Waals surface area contributed by atoms with Gasteiger partial charge in [0.15, 0.2) is 6.10 Å². The molecule has 0 radical (unpaired) electrons. The Kier molecular flexibility index (Phi) is 6.27. The summed E-state index contributed by atoms with van der Waals surface area (Å²) in [5, 5.41) is 8.72. The maximum Gasteiger partial charge on any atom is 0.416 e. The molecule has 1 amide bonds. The van der Waals surface area contributed by atoms with Crippen LogP contribution in [0.2, 0.25) is 0 Å². The quantitative estimate of drug-likeness (QED) is 0.707. The number of nitrogens with one attached hydrogen (secondary N) is 2. The molecule has 2 aromatic rings. The zero-order chi connectivity index (χ0) is 20.9. The number of sulfonamides is 1. The van der Waals surface area contributed by atoms with Crippen LogP contribution >= 0.6 is 0 Å². The first-order chi connectivity index (χ1) is 13.0. The summed E-state index contributed by atoms with van der Waals surface area (Å²) < 4.78 is 67.0. The molecular weight excluding hydrogens is 399 g/mol. The number of carbonyl (C=O) groups is 1. The third-order valence-electron chi connectivity index (χ3n) is 3.47. The number of nitrogens with zero attached hydrogens (tertiary/aromatic N) is 1. The molecule has 1 atom stereocenters. The Balaban J connectivity index is 1.97. The molecule has 2 N–H and O–H groups in total. The summed E-state index contributed by atoms with van der Waals surface area (Å²) in [6, 6.07) is 10.6. The molecule has 0 saturated carbocycles. The molecule has 11 heteroatoms. The Labute approximate surface area is 158 Å². The van der Waals surface area contributed by atoms with Gasteiger partial charge in [-0.3, -0.25) is 10.2 Å². The first kappa shape index (κ1) is 21.2. The molecule has 0 fully saturated rings. The van der Waals surface area contributed by atoms with Gasteiger partial charge in [0.2, 0.25) is 0 Å². The van der Waals surface area contributed by atoms with Gasteiger partial charge in [0.25, 0.3) is 15.9 Å². The molecule has 7 nitrogen and oxygen atoms in total. The number of hydrogen-bond acceptors (Lipinski definition) is 5. The molecule has 0 saturated heterocycles. The Bertz CT molecular complexity index is 982. The van der Waals surface area contributed by atoms with Gasteiger partial charge in [0.1, 0.15) is 5.75 Å². The summed E-state index contributed by atoms with van der Waals surface area (Å²) in [5.74, 6) is -0.549. The van der Waals surface area contributed by atoms with E-state index in [9.17, 15) is 26.4 Å². The number of benzene rings is 2. The lowest BCUT2D eigenvalue weighted by molar-refractivity contribution is -0.137. The molecule has 0 unspecified atom stereocenters. The van der Waals surface area contributed by atoms with Crippen molar-refractivity contribution in [1.82, 2.24) is 10.3 Å². The van der Waals surface area contributed by atoms with Crippen molar-refractivity contribution < 1.29 is 31.1 Å². The molecule has 0 aliphatic rings. The Morgan fingerprint density at radius 3 is 2.18 bits per heavy atom. The number of hydrogen-bond donors (Lipinski definition) is 2. The number of rotatable bonds is 6. The fourth-order valence-electron chi connectivity index (χ4n) is 1.97. The highest BCUT2D eigenvalue weighted by Gasteiger charge is 2.30. The van der Waals surface area contributed by atoms with Crippen LogP contribution < -0.4 is 15.0 Å². The molecule has 0 aliphatic carbocycles. The molecule has 0 spiro atoms. The largest absolute Gasteiger partial charge is 0.481 e. The molecular formula is C17H14F3N3O4S. The minimum absolute atomic E-state index is 0.284. The van der Waals surface area contributed by atoms with Gasteiger partial charge >= 0.3 is 6.18 Å². The summed E-state index contributed by atoms with van der Waals surface area (Å²) in [7, 11) is -4.27. The van der Waals surface area contributed by atoms with Crippen LogP contribution in [0.3, 0.4) is 0 Å². The Morgan fingerprint density at radius 1 is 1.11 bits per heavy atom. The van der Waals surface area contributed by atoms with E-state index < -0.39 is 38.7 Å². The number of amides is 1. The molecule has 2 rings (SSSR count). The monoisotopic (exact) mass is 413 g/mol. The molecule has 0 heterocycles. The van der Waals surface area contributed by atoms with Crippen molar-refractivity contribution >= 4 is 15.9 Å². The van der Waals surface area contributed by atoms with Crippen molar-refractivity contribution in [1.29, 1.82) is 5.26 Å². The van der Waals surface area contributed by atoms with Crippen LogP contribution in [0.1, 0.15) is 18.1 Å². The number of halogens is 3. The van der Waals surface area contributed by atoms with Crippen LogP contribution in [-0.2, 0) is 21.0 Å². The number of carbonyl (C=O) groups excluding carboxylic acids is 1. The van der Waals surface area contributed by atoms with E-state index in [1.807, 2.05) is 11.5 Å². The lowest BCUT2D eigenvalue weighted by Crippen LogP contribution is -2.47. The fraction of sp³-hybridized carbons (Fsp3) is 0.176. The van der Waals surface area contributed by atoms with Crippen LogP contribution in [-0.4, -0.2) is 20.4 Å². The van der Waals surface area contributed by atoms with Crippen molar-refractivity contribution in [2.24, 2.45) is 0 Å². The highest BCUT2D eigenvalue weighted by Crippen LogP contribution is 2.29. The summed E-state index contributed by atoms with van der Waals surface area (Å²) in [5.41, 5.74) is 1.33. The SMILES string of the molecule is C[C@@H](Oc1ccc(C#N)cc1)C(=O)NNS(=O)(=O)c1ccc(C(F)(F)F)cc1. The molecule has 28 heavy (non-hydrogen) atoms. The summed E-state index contributed by atoms with van der Waals surface area (Å²) in [6.07, 6.45) is -5.69. The van der Waals surface area contributed by atoms with Gasteiger partial charge < -0.3 is 4.74 Å². The first-order valence-electron chi connectivity index (χ1n) is 7.68. The van der Waals surface area contributed by atoms with E-state index in [1.54, 1.807) is 4.83 Å². The zero-order valence-electron chi connectivity index (χ0n) is 14.3. The van der Waals surface area contributed by atoms with Gasteiger partial charge in [-0.05, 0) is 55.5 Å². The van der Waals surface area contributed by atoms with Crippen molar-refractivity contribution in [2.75, 3.05) is 0 Å². The second-order valence-electron chi connectivity index (χ2n) is 5.51. The number of nitriles is 1. The average Bonchev–Trinajstić information content (AvgIpc) is 2.66. The van der Waals surface area contributed by atoms with Gasteiger partial charge in [0.05, 0.1) is 22.1 Å². The van der Waals surface area contributed by atoms with Gasteiger partial charge in [-0.1, -0.05) is 0 Å². The van der Waals surface area contributed by atoms with Crippen molar-refractivity contribution in [3.05, 3.63) is 59.7 Å². The minimum Gasteiger partial charge on any atom is -0.481 e. The third-order valence-corrected chi connectivity index (χ3v) is 4.73. The van der Waals surface area contributed by atoms with Crippen molar-refractivity contribution in [3.63, 3.8) is 0 Å². The molecule has 0 bridgehead atoms. The summed E-state index contributed by atoms with van der Waals surface area (Å²) >= 11 is 0. The average molecular weight is 413 g/mol. The van der Waals surface area contributed by atoms with Gasteiger partial charge in [-0.2, -0.15) is 18.4 Å². The second-order valence-corrected chi connectivity index (χ2v) is 7.20. The smallest absolute Gasteiger partial charge is 0.416 e. The molecule has 0 aromatic heterocycles. The lowest BCUT2D eigenvalue weighted by Gasteiger charge is -2.15. The summed E-state index contributed by atoms with van der Waals surface area (Å²) in [6.45, 7) is 1.36. The van der Waals surface area contributed by atoms with E-state index in [-0.39, 0.29) is 5.75 Å². The normalized spacial score (nSPS) is 12.7. The molecule has 2 aromatic carbocycles. The van der Waals surface area contributed by atoms with Crippen LogP contribution in [0, 0.1) is 11.3 Å². The van der Waals surface area contributed by atoms with E-state index in [4.69, 9.17) is 10.00 Å². The third kappa shape index (κ3) is 5.45. The van der Waals surface area contributed by atoms with Crippen molar-refractivity contribution in [3.8, 4) is 11.8 Å². The van der Waals surface area contributed by atoms with E-state index in [0.717, 1.165) is 12.1 Å². The Hall–Kier alpha value is -3.10. The topological polar surface area (TPSA) is 108 Å². The van der Waals surface area contributed by atoms with Crippen LogP contribution in [0.15, 0.2) is 53.4 Å². The maximum absolute atomic E-state index is 12.5. The number of hydrazine groups is 1. The Morgan fingerprint density at radius 2 is 1.68 bits per heavy atom. The fourth-order valence-corrected chi connectivity index (χ4v) is 2.81. The van der Waals surface area contributed by atoms with Crippen LogP contribution in [0.4, 0.5) is 13.2 Å². The highest BCUT2D eigenvalue weighted by atomic mass is 32.2. The summed E-state index contributed by atoms with van der Waals surface area (Å²) in [4.78, 5) is 13.3. The zero-order valence-corrected chi connectivity index (χ0v) is 15.1. The number of ether oxygens (including phenoxy) is 1. The van der Waals surface area contributed by atoms with E-state index in [2.05, 4.69) is 0 Å². The standard InChI is InChI=1S/C17H14F3N3O4S/c1-11(27-14-6-2-12(10-21)3-7-14)16(24)22-23-28(25,26)15-8-4-13(5-9-15)17(18,19)20/h2-9,11,23H,1H3,(H,22,24)/t11-/m1/s1. The molecule has 0 aliphatic heterocycles. The van der Waals surface area contributed by atoms with E-state index in [0.29, 0.717) is 17.7 Å². The van der Waals surface area contributed by atoms with Gasteiger partial charge in [-0.15, -0.1) is 4.83 Å². The van der Waals surface area contributed by atoms with E-state index >= 15 is 0 Å². The van der Waals surface area contributed by atoms with Gasteiger partial charge in [0, 0.05) is 0 Å². The van der Waals surface area contributed by atoms with Crippen LogP contribution in [0.5, 0.6) is 5.75 Å². The first-order valence-corrected chi connectivity index (χ1v) is 9.17. The lowest BCUT2D eigenvalue weighted by atomic mass is 10.2. The molecule has 148 valence electrons. The predicted molar refractivity (Wildman–Crippen MR) is 91.2 cm³/mol. The predicted octanol–water partition coefficient (Wildman–Crippen LogP) is 2.35.